The number of furan rings is 1. The molecule has 3 N–H and O–H groups in total. The monoisotopic (exact) mass is 356 g/mol. The summed E-state index contributed by atoms with van der Waals surface area (Å²) in [6, 6.07) is 7.44. The summed E-state index contributed by atoms with van der Waals surface area (Å²) in [6.07, 6.45) is 2.17. The molecule has 0 saturated heterocycles. The summed E-state index contributed by atoms with van der Waals surface area (Å²) in [7, 11) is 0. The van der Waals surface area contributed by atoms with E-state index in [9.17, 15) is 9.90 Å². The zero-order valence-corrected chi connectivity index (χ0v) is 15.1. The van der Waals surface area contributed by atoms with E-state index >= 15 is 0 Å². The fraction of sp³-hybridized carbons (Fsp3) is 0.368. The molecule has 3 aromatic rings. The Bertz CT molecular complexity index is 870. The van der Waals surface area contributed by atoms with E-state index in [1.807, 2.05) is 6.07 Å². The molecule has 26 heavy (non-hydrogen) atoms. The van der Waals surface area contributed by atoms with Crippen molar-refractivity contribution in [3.8, 4) is 0 Å². The van der Waals surface area contributed by atoms with Crippen molar-refractivity contribution in [2.75, 3.05) is 19.7 Å². The average molecular weight is 356 g/mol. The highest BCUT2D eigenvalue weighted by Crippen LogP contribution is 2.19. The van der Waals surface area contributed by atoms with Gasteiger partial charge in [0.15, 0.2) is 0 Å². The number of fused-ring (bicyclic) bond motifs is 1. The summed E-state index contributed by atoms with van der Waals surface area (Å²) < 4.78 is 5.27. The number of hydrogen-bond donors (Lipinski definition) is 3. The molecule has 1 aromatic carbocycles. The lowest BCUT2D eigenvalue weighted by atomic mass is 10.1. The Morgan fingerprint density at radius 3 is 2.92 bits per heavy atom. The van der Waals surface area contributed by atoms with Gasteiger partial charge in [-0.2, -0.15) is 0 Å². The molecule has 0 radical (unpaired) electrons. The number of aromatic nitrogens is 2. The van der Waals surface area contributed by atoms with Crippen molar-refractivity contribution in [2.45, 2.75) is 26.8 Å². The van der Waals surface area contributed by atoms with Gasteiger partial charge in [0.1, 0.15) is 11.6 Å². The van der Waals surface area contributed by atoms with Gasteiger partial charge in [0.05, 0.1) is 30.4 Å². The van der Waals surface area contributed by atoms with Gasteiger partial charge in [0.25, 0.3) is 0 Å². The highest BCUT2D eigenvalue weighted by molar-refractivity contribution is 5.80. The highest BCUT2D eigenvalue weighted by Gasteiger charge is 2.15. The van der Waals surface area contributed by atoms with E-state index in [2.05, 4.69) is 35.2 Å². The van der Waals surface area contributed by atoms with Crippen LogP contribution in [0.1, 0.15) is 22.7 Å². The first-order valence-electron chi connectivity index (χ1n) is 8.69. The topological polar surface area (TPSA) is 94.4 Å². The first-order chi connectivity index (χ1) is 12.6. The van der Waals surface area contributed by atoms with E-state index in [1.54, 1.807) is 18.4 Å². The van der Waals surface area contributed by atoms with Crippen LogP contribution in [-0.4, -0.2) is 45.7 Å². The number of imidazole rings is 1. The number of hydrogen-bond acceptors (Lipinski definition) is 4. The van der Waals surface area contributed by atoms with Crippen molar-refractivity contribution in [3.63, 3.8) is 0 Å². The van der Waals surface area contributed by atoms with Crippen molar-refractivity contribution in [2.24, 2.45) is 0 Å². The van der Waals surface area contributed by atoms with Gasteiger partial charge in [-0.25, -0.2) is 9.78 Å². The fourth-order valence-electron chi connectivity index (χ4n) is 2.85. The van der Waals surface area contributed by atoms with Gasteiger partial charge in [-0.05, 0) is 43.2 Å². The second-order valence-corrected chi connectivity index (χ2v) is 6.29. The molecular weight excluding hydrogens is 332 g/mol. The molecule has 0 spiro atoms. The SMILES string of the molecule is Cc1ccc2[nH]c(CCNC(=O)N(CCO)Cc3ccco3)nc2c1C. The van der Waals surface area contributed by atoms with Crippen molar-refractivity contribution in [1.82, 2.24) is 20.2 Å². The maximum Gasteiger partial charge on any atom is 0.317 e. The number of benzene rings is 1. The molecule has 138 valence electrons. The van der Waals surface area contributed by atoms with Crippen LogP contribution >= 0.6 is 0 Å². The zero-order chi connectivity index (χ0) is 18.5. The van der Waals surface area contributed by atoms with Crippen molar-refractivity contribution in [3.05, 3.63) is 53.2 Å². The molecule has 3 rings (SSSR count). The van der Waals surface area contributed by atoms with E-state index in [4.69, 9.17) is 4.42 Å². The Morgan fingerprint density at radius 2 is 2.19 bits per heavy atom. The van der Waals surface area contributed by atoms with Crippen LogP contribution in [0.25, 0.3) is 11.0 Å². The largest absolute Gasteiger partial charge is 0.467 e. The number of carbonyl (C=O) groups is 1. The molecule has 0 aliphatic heterocycles. The van der Waals surface area contributed by atoms with Crippen LogP contribution in [0.15, 0.2) is 34.9 Å². The Labute approximate surface area is 152 Å². The Morgan fingerprint density at radius 1 is 1.35 bits per heavy atom. The van der Waals surface area contributed by atoms with Crippen LogP contribution in [0.5, 0.6) is 0 Å². The number of urea groups is 1. The van der Waals surface area contributed by atoms with Crippen LogP contribution in [-0.2, 0) is 13.0 Å². The Balaban J connectivity index is 1.57. The summed E-state index contributed by atoms with van der Waals surface area (Å²) in [6.45, 7) is 5.05. The van der Waals surface area contributed by atoms with Crippen LogP contribution in [0.2, 0.25) is 0 Å². The standard InChI is InChI=1S/C19H24N4O3/c1-13-5-6-16-18(14(13)2)22-17(21-16)7-8-20-19(25)23(9-10-24)12-15-4-3-11-26-15/h3-6,11,24H,7-10,12H2,1-2H3,(H,20,25)(H,21,22). The van der Waals surface area contributed by atoms with E-state index < -0.39 is 0 Å². The van der Waals surface area contributed by atoms with Gasteiger partial charge >= 0.3 is 6.03 Å². The lowest BCUT2D eigenvalue weighted by Crippen LogP contribution is -2.41. The van der Waals surface area contributed by atoms with E-state index in [-0.39, 0.29) is 19.2 Å². The summed E-state index contributed by atoms with van der Waals surface area (Å²) in [5.41, 5.74) is 4.36. The predicted molar refractivity (Wildman–Crippen MR) is 98.9 cm³/mol. The zero-order valence-electron chi connectivity index (χ0n) is 15.1. The Kier molecular flexibility index (Phi) is 5.58. The molecule has 2 aromatic heterocycles. The molecule has 0 fully saturated rings. The number of nitrogens with zero attached hydrogens (tertiary/aromatic N) is 2. The minimum absolute atomic E-state index is 0.101. The second-order valence-electron chi connectivity index (χ2n) is 6.29. The number of carbonyl (C=O) groups excluding carboxylic acids is 1. The number of aliphatic hydroxyl groups is 1. The van der Waals surface area contributed by atoms with Crippen LogP contribution in [0, 0.1) is 13.8 Å². The molecule has 0 bridgehead atoms. The normalized spacial score (nSPS) is 11.0. The summed E-state index contributed by atoms with van der Waals surface area (Å²) in [4.78, 5) is 21.8. The van der Waals surface area contributed by atoms with Gasteiger partial charge in [-0.15, -0.1) is 0 Å². The van der Waals surface area contributed by atoms with Crippen LogP contribution < -0.4 is 5.32 Å². The van der Waals surface area contributed by atoms with Crippen molar-refractivity contribution in [1.29, 1.82) is 0 Å². The van der Waals surface area contributed by atoms with Crippen LogP contribution in [0.3, 0.4) is 0 Å². The molecule has 2 amide bonds. The number of amides is 2. The van der Waals surface area contributed by atoms with Crippen molar-refractivity contribution < 1.29 is 14.3 Å². The van der Waals surface area contributed by atoms with Crippen LogP contribution in [0.4, 0.5) is 4.79 Å². The summed E-state index contributed by atoms with van der Waals surface area (Å²) in [5.74, 6) is 1.52. The lowest BCUT2D eigenvalue weighted by molar-refractivity contribution is 0.169. The highest BCUT2D eigenvalue weighted by atomic mass is 16.3. The third-order valence-electron chi connectivity index (χ3n) is 4.45. The second kappa shape index (κ2) is 8.05. The first-order valence-corrected chi connectivity index (χ1v) is 8.69. The number of aliphatic hydroxyl groups excluding tert-OH is 1. The number of H-pyrrole nitrogens is 1. The third-order valence-corrected chi connectivity index (χ3v) is 4.45. The molecular formula is C19H24N4O3. The summed E-state index contributed by atoms with van der Waals surface area (Å²) >= 11 is 0. The molecule has 0 saturated carbocycles. The van der Waals surface area contributed by atoms with Gasteiger partial charge in [-0.3, -0.25) is 0 Å². The predicted octanol–water partition coefficient (Wildman–Crippen LogP) is 2.52. The van der Waals surface area contributed by atoms with E-state index in [1.165, 1.54) is 16.0 Å². The first kappa shape index (κ1) is 18.0. The molecule has 0 unspecified atom stereocenters. The van der Waals surface area contributed by atoms with Gasteiger partial charge in [0.2, 0.25) is 0 Å². The number of aryl methyl sites for hydroxylation is 2. The number of nitrogens with one attached hydrogen (secondary N) is 2. The van der Waals surface area contributed by atoms with Gasteiger partial charge in [0, 0.05) is 19.5 Å². The maximum atomic E-state index is 12.4. The fourth-order valence-corrected chi connectivity index (χ4v) is 2.85. The number of rotatable bonds is 7. The molecule has 0 atom stereocenters. The molecule has 7 nitrogen and oxygen atoms in total. The minimum Gasteiger partial charge on any atom is -0.467 e. The molecule has 0 aliphatic carbocycles. The van der Waals surface area contributed by atoms with Gasteiger partial charge in [-0.1, -0.05) is 6.07 Å². The molecule has 7 heteroatoms. The maximum absolute atomic E-state index is 12.4. The minimum atomic E-state index is -0.237. The number of aromatic amines is 1. The van der Waals surface area contributed by atoms with Crippen molar-refractivity contribution >= 4 is 17.1 Å². The molecule has 0 aliphatic rings. The smallest absolute Gasteiger partial charge is 0.317 e. The average Bonchev–Trinajstić information content (AvgIpc) is 3.27. The van der Waals surface area contributed by atoms with E-state index in [0.717, 1.165) is 16.9 Å². The van der Waals surface area contributed by atoms with E-state index in [0.29, 0.717) is 25.3 Å². The lowest BCUT2D eigenvalue weighted by Gasteiger charge is -2.21. The molecule has 2 heterocycles. The third kappa shape index (κ3) is 4.05. The summed E-state index contributed by atoms with van der Waals surface area (Å²) in [5, 5.41) is 12.1. The van der Waals surface area contributed by atoms with Gasteiger partial charge < -0.3 is 24.7 Å². The Hall–Kier alpha value is -2.80. The quantitative estimate of drug-likeness (QED) is 0.606.